The molecular formula is C19H19BrN4O. The Balaban J connectivity index is 1.65. The smallest absolute Gasteiger partial charge is 0.224 e. The molecule has 1 heterocycles. The van der Waals surface area contributed by atoms with Gasteiger partial charge in [-0.2, -0.15) is 4.98 Å². The van der Waals surface area contributed by atoms with Crippen LogP contribution in [0.4, 0.5) is 17.5 Å². The van der Waals surface area contributed by atoms with Crippen LogP contribution in [0.5, 0.6) is 5.75 Å². The van der Waals surface area contributed by atoms with Gasteiger partial charge in [-0.15, -0.1) is 0 Å². The van der Waals surface area contributed by atoms with Gasteiger partial charge in [0, 0.05) is 22.9 Å². The minimum atomic E-state index is 0.578. The number of methoxy groups -OCH3 is 1. The van der Waals surface area contributed by atoms with E-state index in [4.69, 9.17) is 4.74 Å². The zero-order chi connectivity index (χ0) is 17.6. The number of nitrogens with zero attached hydrogens (tertiary/aromatic N) is 2. The highest BCUT2D eigenvalue weighted by atomic mass is 79.9. The van der Waals surface area contributed by atoms with Gasteiger partial charge in [-0.25, -0.2) is 4.98 Å². The number of nitrogens with one attached hydrogen (secondary N) is 2. The van der Waals surface area contributed by atoms with Gasteiger partial charge in [-0.05, 0) is 54.4 Å². The number of halogens is 1. The van der Waals surface area contributed by atoms with Crippen LogP contribution in [-0.4, -0.2) is 17.1 Å². The van der Waals surface area contributed by atoms with Crippen LogP contribution in [0.15, 0.2) is 59.2 Å². The average Bonchev–Trinajstić information content (AvgIpc) is 2.64. The summed E-state index contributed by atoms with van der Waals surface area (Å²) in [5.74, 6) is 2.17. The first-order chi connectivity index (χ1) is 12.1. The Morgan fingerprint density at radius 3 is 2.60 bits per heavy atom. The highest BCUT2D eigenvalue weighted by Crippen LogP contribution is 2.22. The van der Waals surface area contributed by atoms with E-state index in [0.29, 0.717) is 12.5 Å². The zero-order valence-electron chi connectivity index (χ0n) is 14.1. The number of hydrogen-bond donors (Lipinski definition) is 2. The number of rotatable bonds is 6. The van der Waals surface area contributed by atoms with Crippen LogP contribution in [0.1, 0.15) is 11.1 Å². The summed E-state index contributed by atoms with van der Waals surface area (Å²) in [5, 5.41) is 6.53. The quantitative estimate of drug-likeness (QED) is 0.617. The van der Waals surface area contributed by atoms with Crippen LogP contribution in [0.3, 0.4) is 0 Å². The maximum absolute atomic E-state index is 5.16. The lowest BCUT2D eigenvalue weighted by Crippen LogP contribution is -2.05. The molecule has 3 rings (SSSR count). The van der Waals surface area contributed by atoms with Crippen molar-refractivity contribution in [3.05, 3.63) is 70.3 Å². The predicted octanol–water partition coefficient (Wildman–Crippen LogP) is 4.91. The molecule has 0 bridgehead atoms. The van der Waals surface area contributed by atoms with Gasteiger partial charge in [-0.3, -0.25) is 0 Å². The highest BCUT2D eigenvalue weighted by molar-refractivity contribution is 9.10. The van der Waals surface area contributed by atoms with Crippen molar-refractivity contribution in [2.24, 2.45) is 0 Å². The van der Waals surface area contributed by atoms with E-state index in [2.05, 4.69) is 49.5 Å². The van der Waals surface area contributed by atoms with E-state index in [1.54, 1.807) is 13.3 Å². The number of aromatic nitrogens is 2. The Hall–Kier alpha value is -2.60. The van der Waals surface area contributed by atoms with Crippen molar-refractivity contribution in [3.63, 3.8) is 0 Å². The molecule has 6 heteroatoms. The molecule has 0 saturated heterocycles. The summed E-state index contributed by atoms with van der Waals surface area (Å²) in [4.78, 5) is 8.77. The standard InChI is InChI=1S/C19H19BrN4O/c1-13-11-15(5-8-17(13)20)23-18-9-10-21-19(24-18)22-12-14-3-6-16(25-2)7-4-14/h3-11H,12H2,1-2H3,(H2,21,22,23,24). The first-order valence-electron chi connectivity index (χ1n) is 7.87. The Kier molecular flexibility index (Phi) is 5.50. The molecule has 5 nitrogen and oxygen atoms in total. The molecule has 1 aromatic heterocycles. The van der Waals surface area contributed by atoms with Crippen molar-refractivity contribution < 1.29 is 4.74 Å². The molecule has 0 saturated carbocycles. The van der Waals surface area contributed by atoms with Gasteiger partial charge in [0.15, 0.2) is 0 Å². The summed E-state index contributed by atoms with van der Waals surface area (Å²) < 4.78 is 6.25. The predicted molar refractivity (Wildman–Crippen MR) is 105 cm³/mol. The third kappa shape index (κ3) is 4.70. The lowest BCUT2D eigenvalue weighted by molar-refractivity contribution is 0.414. The molecule has 3 aromatic rings. The molecule has 0 spiro atoms. The third-order valence-corrected chi connectivity index (χ3v) is 4.59. The maximum Gasteiger partial charge on any atom is 0.224 e. The lowest BCUT2D eigenvalue weighted by atomic mass is 10.2. The van der Waals surface area contributed by atoms with Crippen molar-refractivity contribution >= 4 is 33.4 Å². The van der Waals surface area contributed by atoms with Gasteiger partial charge in [0.25, 0.3) is 0 Å². The SMILES string of the molecule is COc1ccc(CNc2nccc(Nc3ccc(Br)c(C)c3)n2)cc1. The fourth-order valence-electron chi connectivity index (χ4n) is 2.31. The average molecular weight is 399 g/mol. The molecule has 25 heavy (non-hydrogen) atoms. The molecule has 0 unspecified atom stereocenters. The third-order valence-electron chi connectivity index (χ3n) is 3.70. The molecule has 0 aliphatic rings. The van der Waals surface area contributed by atoms with E-state index < -0.39 is 0 Å². The fourth-order valence-corrected chi connectivity index (χ4v) is 2.55. The molecule has 2 N–H and O–H groups in total. The van der Waals surface area contributed by atoms with E-state index in [0.717, 1.165) is 32.9 Å². The lowest BCUT2D eigenvalue weighted by Gasteiger charge is -2.10. The van der Waals surface area contributed by atoms with Crippen molar-refractivity contribution in [1.82, 2.24) is 9.97 Å². The summed E-state index contributed by atoms with van der Waals surface area (Å²) >= 11 is 3.51. The minimum absolute atomic E-state index is 0.578. The van der Waals surface area contributed by atoms with Crippen LogP contribution >= 0.6 is 15.9 Å². The molecule has 2 aromatic carbocycles. The van der Waals surface area contributed by atoms with E-state index in [1.807, 2.05) is 42.5 Å². The van der Waals surface area contributed by atoms with Gasteiger partial charge in [0.05, 0.1) is 7.11 Å². The number of ether oxygens (including phenoxy) is 1. The number of hydrogen-bond acceptors (Lipinski definition) is 5. The summed E-state index contributed by atoms with van der Waals surface area (Å²) in [5.41, 5.74) is 3.28. The summed E-state index contributed by atoms with van der Waals surface area (Å²) in [7, 11) is 1.66. The van der Waals surface area contributed by atoms with E-state index in [-0.39, 0.29) is 0 Å². The Bertz CT molecular complexity index is 852. The Morgan fingerprint density at radius 1 is 1.08 bits per heavy atom. The van der Waals surface area contributed by atoms with Crippen LogP contribution in [-0.2, 0) is 6.54 Å². The molecule has 0 aliphatic heterocycles. The van der Waals surface area contributed by atoms with Gasteiger partial charge >= 0.3 is 0 Å². The first kappa shape index (κ1) is 17.2. The highest BCUT2D eigenvalue weighted by Gasteiger charge is 2.02. The normalized spacial score (nSPS) is 10.4. The van der Waals surface area contributed by atoms with Crippen LogP contribution in [0, 0.1) is 6.92 Å². The minimum Gasteiger partial charge on any atom is -0.497 e. The second-order valence-electron chi connectivity index (χ2n) is 5.56. The van der Waals surface area contributed by atoms with Gasteiger partial charge in [-0.1, -0.05) is 28.1 Å². The van der Waals surface area contributed by atoms with E-state index in [9.17, 15) is 0 Å². The number of anilines is 3. The van der Waals surface area contributed by atoms with Crippen molar-refractivity contribution in [1.29, 1.82) is 0 Å². The molecule has 0 amide bonds. The largest absolute Gasteiger partial charge is 0.497 e. The Morgan fingerprint density at radius 2 is 1.88 bits per heavy atom. The van der Waals surface area contributed by atoms with Crippen LogP contribution in [0.2, 0.25) is 0 Å². The van der Waals surface area contributed by atoms with Gasteiger partial charge in [0.1, 0.15) is 11.6 Å². The van der Waals surface area contributed by atoms with Crippen molar-refractivity contribution in [3.8, 4) is 5.75 Å². The van der Waals surface area contributed by atoms with Crippen molar-refractivity contribution in [2.75, 3.05) is 17.7 Å². The topological polar surface area (TPSA) is 59.1 Å². The van der Waals surface area contributed by atoms with E-state index >= 15 is 0 Å². The fraction of sp³-hybridized carbons (Fsp3) is 0.158. The van der Waals surface area contributed by atoms with E-state index in [1.165, 1.54) is 0 Å². The number of benzene rings is 2. The zero-order valence-corrected chi connectivity index (χ0v) is 15.7. The van der Waals surface area contributed by atoms with Crippen LogP contribution < -0.4 is 15.4 Å². The second kappa shape index (κ2) is 7.98. The first-order valence-corrected chi connectivity index (χ1v) is 8.66. The molecular weight excluding hydrogens is 380 g/mol. The molecule has 0 radical (unpaired) electrons. The van der Waals surface area contributed by atoms with Crippen molar-refractivity contribution in [2.45, 2.75) is 13.5 Å². The van der Waals surface area contributed by atoms with Gasteiger partial charge < -0.3 is 15.4 Å². The second-order valence-corrected chi connectivity index (χ2v) is 6.41. The molecule has 0 fully saturated rings. The molecule has 128 valence electrons. The van der Waals surface area contributed by atoms with Crippen LogP contribution in [0.25, 0.3) is 0 Å². The maximum atomic E-state index is 5.16. The Labute approximate surface area is 155 Å². The van der Waals surface area contributed by atoms with Gasteiger partial charge in [0.2, 0.25) is 5.95 Å². The monoisotopic (exact) mass is 398 g/mol. The molecule has 0 aliphatic carbocycles. The summed E-state index contributed by atoms with van der Waals surface area (Å²) in [6.45, 7) is 2.70. The summed E-state index contributed by atoms with van der Waals surface area (Å²) in [6.07, 6.45) is 1.73. The molecule has 0 atom stereocenters. The number of aryl methyl sites for hydroxylation is 1. The summed E-state index contributed by atoms with van der Waals surface area (Å²) in [6, 6.07) is 15.8.